The number of para-hydroxylation sites is 1. The molecule has 98 valence electrons. The van der Waals surface area contributed by atoms with Crippen LogP contribution in [0.15, 0.2) is 18.2 Å². The van der Waals surface area contributed by atoms with Gasteiger partial charge in [-0.05, 0) is 31.4 Å². The number of hydrogen-bond donors (Lipinski definition) is 3. The number of aliphatic hydroxyl groups excluding tert-OH is 1. The molecule has 0 saturated heterocycles. The molecule has 2 rings (SSSR count). The summed E-state index contributed by atoms with van der Waals surface area (Å²) in [4.78, 5) is 0.395. The predicted molar refractivity (Wildman–Crippen MR) is 79.0 cm³/mol. The fourth-order valence-corrected chi connectivity index (χ4v) is 2.70. The zero-order chi connectivity index (χ0) is 13.1. The van der Waals surface area contributed by atoms with Gasteiger partial charge >= 0.3 is 0 Å². The van der Waals surface area contributed by atoms with E-state index in [1.807, 2.05) is 25.1 Å². The summed E-state index contributed by atoms with van der Waals surface area (Å²) < 4.78 is 0. The number of anilines is 1. The average Bonchev–Trinajstić information content (AvgIpc) is 2.34. The van der Waals surface area contributed by atoms with E-state index in [2.05, 4.69) is 5.32 Å². The molecule has 0 radical (unpaired) electrons. The minimum atomic E-state index is -0.280. The van der Waals surface area contributed by atoms with Crippen molar-refractivity contribution in [2.45, 2.75) is 44.8 Å². The topological polar surface area (TPSA) is 58.3 Å². The van der Waals surface area contributed by atoms with Crippen molar-refractivity contribution in [1.29, 1.82) is 0 Å². The summed E-state index contributed by atoms with van der Waals surface area (Å²) in [6.45, 7) is 2.03. The molecular formula is C14H20N2OS. The molecule has 1 fully saturated rings. The van der Waals surface area contributed by atoms with Crippen molar-refractivity contribution in [1.82, 2.24) is 0 Å². The van der Waals surface area contributed by atoms with Crippen LogP contribution in [-0.2, 0) is 0 Å². The third-order valence-corrected chi connectivity index (χ3v) is 3.82. The summed E-state index contributed by atoms with van der Waals surface area (Å²) in [5.41, 5.74) is 8.69. The highest BCUT2D eigenvalue weighted by molar-refractivity contribution is 7.80. The molecule has 1 aliphatic carbocycles. The molecule has 0 spiro atoms. The van der Waals surface area contributed by atoms with Crippen molar-refractivity contribution in [3.8, 4) is 0 Å². The molecule has 0 heterocycles. The summed E-state index contributed by atoms with van der Waals surface area (Å²) in [5, 5.41) is 13.5. The fraction of sp³-hybridized carbons (Fsp3) is 0.500. The lowest BCUT2D eigenvalue weighted by molar-refractivity contribution is 0.116. The summed E-state index contributed by atoms with van der Waals surface area (Å²) in [6, 6.07) is 6.01. The summed E-state index contributed by atoms with van der Waals surface area (Å²) >= 11 is 5.08. The first-order valence-electron chi connectivity index (χ1n) is 6.43. The van der Waals surface area contributed by atoms with Crippen LogP contribution >= 0.6 is 12.2 Å². The Hall–Kier alpha value is -1.13. The fourth-order valence-electron chi connectivity index (χ4n) is 2.53. The Morgan fingerprint density at radius 1 is 1.39 bits per heavy atom. The maximum Gasteiger partial charge on any atom is 0.106 e. The molecule has 0 amide bonds. The molecule has 4 heteroatoms. The largest absolute Gasteiger partial charge is 0.391 e. The molecule has 1 aromatic carbocycles. The molecule has 2 unspecified atom stereocenters. The second kappa shape index (κ2) is 5.67. The molecule has 1 saturated carbocycles. The van der Waals surface area contributed by atoms with Crippen molar-refractivity contribution in [3.63, 3.8) is 0 Å². The number of thiocarbonyl (C=S) groups is 1. The molecule has 0 aromatic heterocycles. The van der Waals surface area contributed by atoms with Crippen LogP contribution in [0.5, 0.6) is 0 Å². The van der Waals surface area contributed by atoms with Crippen molar-refractivity contribution in [2.75, 3.05) is 5.32 Å². The predicted octanol–water partition coefficient (Wildman–Crippen LogP) is 2.34. The molecule has 2 atom stereocenters. The van der Waals surface area contributed by atoms with Crippen LogP contribution in [0.4, 0.5) is 5.69 Å². The number of nitrogens with two attached hydrogens (primary N) is 1. The van der Waals surface area contributed by atoms with Gasteiger partial charge in [0.05, 0.1) is 12.1 Å². The second-order valence-electron chi connectivity index (χ2n) is 4.96. The summed E-state index contributed by atoms with van der Waals surface area (Å²) in [7, 11) is 0. The molecule has 0 aliphatic heterocycles. The van der Waals surface area contributed by atoms with Gasteiger partial charge in [-0.3, -0.25) is 0 Å². The first-order chi connectivity index (χ1) is 8.59. The van der Waals surface area contributed by atoms with Gasteiger partial charge in [0.25, 0.3) is 0 Å². The maximum absolute atomic E-state index is 10.0. The van der Waals surface area contributed by atoms with Crippen LogP contribution in [0, 0.1) is 6.92 Å². The number of nitrogens with one attached hydrogen (secondary N) is 1. The van der Waals surface area contributed by atoms with E-state index in [1.165, 1.54) is 0 Å². The number of aryl methyl sites for hydroxylation is 1. The van der Waals surface area contributed by atoms with Gasteiger partial charge in [-0.1, -0.05) is 37.2 Å². The van der Waals surface area contributed by atoms with Crippen LogP contribution in [0.3, 0.4) is 0 Å². The van der Waals surface area contributed by atoms with Crippen LogP contribution in [0.25, 0.3) is 0 Å². The molecule has 0 bridgehead atoms. The van der Waals surface area contributed by atoms with Gasteiger partial charge in [-0.25, -0.2) is 0 Å². The molecule has 4 N–H and O–H groups in total. The van der Waals surface area contributed by atoms with E-state index in [1.54, 1.807) is 0 Å². The van der Waals surface area contributed by atoms with Gasteiger partial charge in [0.2, 0.25) is 0 Å². The molecule has 1 aromatic rings. The smallest absolute Gasteiger partial charge is 0.106 e. The van der Waals surface area contributed by atoms with Gasteiger partial charge in [0.15, 0.2) is 0 Å². The van der Waals surface area contributed by atoms with Gasteiger partial charge in [0, 0.05) is 11.3 Å². The van der Waals surface area contributed by atoms with Gasteiger partial charge in [-0.2, -0.15) is 0 Å². The summed E-state index contributed by atoms with van der Waals surface area (Å²) in [5.74, 6) is 0. The van der Waals surface area contributed by atoms with Gasteiger partial charge < -0.3 is 16.2 Å². The van der Waals surface area contributed by atoms with Gasteiger partial charge in [0.1, 0.15) is 4.99 Å². The van der Waals surface area contributed by atoms with Crippen LogP contribution < -0.4 is 11.1 Å². The highest BCUT2D eigenvalue weighted by atomic mass is 32.1. The Morgan fingerprint density at radius 2 is 2.11 bits per heavy atom. The Balaban J connectivity index is 2.24. The standard InChI is InChI=1S/C14H20N2OS/c1-9-5-4-6-10(14(15)18)13(9)16-11-7-2-3-8-12(11)17/h4-6,11-12,16-17H,2-3,7-8H2,1H3,(H2,15,18). The average molecular weight is 264 g/mol. The lowest BCUT2D eigenvalue weighted by Gasteiger charge is -2.30. The number of aliphatic hydroxyl groups is 1. The minimum absolute atomic E-state index is 0.105. The molecular weight excluding hydrogens is 244 g/mol. The van der Waals surface area contributed by atoms with Crippen molar-refractivity contribution in [2.24, 2.45) is 5.73 Å². The quantitative estimate of drug-likeness (QED) is 0.734. The van der Waals surface area contributed by atoms with Crippen LogP contribution in [0.2, 0.25) is 0 Å². The lowest BCUT2D eigenvalue weighted by atomic mass is 9.92. The number of rotatable bonds is 3. The molecule has 18 heavy (non-hydrogen) atoms. The van der Waals surface area contributed by atoms with Crippen molar-refractivity contribution < 1.29 is 5.11 Å². The third-order valence-electron chi connectivity index (χ3n) is 3.60. The minimum Gasteiger partial charge on any atom is -0.391 e. The highest BCUT2D eigenvalue weighted by Gasteiger charge is 2.24. The van der Waals surface area contributed by atoms with Crippen molar-refractivity contribution in [3.05, 3.63) is 29.3 Å². The Bertz CT molecular complexity index is 447. The lowest BCUT2D eigenvalue weighted by Crippen LogP contribution is -2.37. The molecule has 3 nitrogen and oxygen atoms in total. The van der Waals surface area contributed by atoms with E-state index < -0.39 is 0 Å². The Labute approximate surface area is 113 Å². The number of benzene rings is 1. The highest BCUT2D eigenvalue weighted by Crippen LogP contribution is 2.26. The Morgan fingerprint density at radius 3 is 2.78 bits per heavy atom. The van der Waals surface area contributed by atoms with Crippen LogP contribution in [0.1, 0.15) is 36.8 Å². The van der Waals surface area contributed by atoms with E-state index in [0.29, 0.717) is 4.99 Å². The first-order valence-corrected chi connectivity index (χ1v) is 6.84. The van der Waals surface area contributed by atoms with Crippen LogP contribution in [-0.4, -0.2) is 22.2 Å². The SMILES string of the molecule is Cc1cccc(C(N)=S)c1NC1CCCCC1O. The zero-order valence-corrected chi connectivity index (χ0v) is 11.5. The van der Waals surface area contributed by atoms with E-state index in [4.69, 9.17) is 18.0 Å². The van der Waals surface area contributed by atoms with E-state index >= 15 is 0 Å². The summed E-state index contributed by atoms with van der Waals surface area (Å²) in [6.07, 6.45) is 3.84. The third kappa shape index (κ3) is 2.82. The van der Waals surface area contributed by atoms with E-state index in [0.717, 1.165) is 42.5 Å². The number of hydrogen-bond acceptors (Lipinski definition) is 3. The first kappa shape index (κ1) is 13.3. The Kier molecular flexibility index (Phi) is 4.19. The van der Waals surface area contributed by atoms with E-state index in [9.17, 15) is 5.11 Å². The molecule has 1 aliphatic rings. The monoisotopic (exact) mass is 264 g/mol. The normalized spacial score (nSPS) is 23.7. The second-order valence-corrected chi connectivity index (χ2v) is 5.40. The van der Waals surface area contributed by atoms with Crippen molar-refractivity contribution >= 4 is 22.9 Å². The maximum atomic E-state index is 10.0. The van der Waals surface area contributed by atoms with E-state index in [-0.39, 0.29) is 12.1 Å². The zero-order valence-electron chi connectivity index (χ0n) is 10.6. The van der Waals surface area contributed by atoms with Gasteiger partial charge in [-0.15, -0.1) is 0 Å².